The van der Waals surface area contributed by atoms with Crippen molar-refractivity contribution in [1.29, 1.82) is 0 Å². The molecule has 3 nitrogen and oxygen atoms in total. The molecule has 0 saturated carbocycles. The Hall–Kier alpha value is -0.560. The molecular weight excluding hydrogens is 260 g/mol. The molecule has 2 aliphatic heterocycles. The summed E-state index contributed by atoms with van der Waals surface area (Å²) in [4.78, 5) is 3.11. The van der Waals surface area contributed by atoms with Crippen LogP contribution in [0.25, 0.3) is 0 Å². The van der Waals surface area contributed by atoms with Crippen LogP contribution >= 0.6 is 0 Å². The molecule has 2 N–H and O–H groups in total. The van der Waals surface area contributed by atoms with Crippen LogP contribution in [0.2, 0.25) is 0 Å². The molecule has 3 atom stereocenters. The van der Waals surface area contributed by atoms with Crippen LogP contribution in [0.15, 0.2) is 0 Å². The number of ether oxygens (including phenoxy) is 1. The molecule has 2 saturated heterocycles. The van der Waals surface area contributed by atoms with Crippen LogP contribution in [0.1, 0.15) is 46.0 Å². The molecule has 0 aromatic heterocycles. The minimum absolute atomic E-state index is 0.112. The number of hydrogen-bond donors (Lipinski definition) is 2. The van der Waals surface area contributed by atoms with E-state index in [-0.39, 0.29) is 5.60 Å². The van der Waals surface area contributed by atoms with Gasteiger partial charge in [0.2, 0.25) is 0 Å². The first-order valence-electron chi connectivity index (χ1n) is 8.69. The smallest absolute Gasteiger partial charge is 0.139 e. The Morgan fingerprint density at radius 1 is 1.24 bits per heavy atom. The lowest BCUT2D eigenvalue weighted by molar-refractivity contribution is -0.906. The Kier molecular flexibility index (Phi) is 5.71. The van der Waals surface area contributed by atoms with E-state index in [4.69, 9.17) is 4.74 Å². The van der Waals surface area contributed by atoms with Gasteiger partial charge in [0.1, 0.15) is 13.1 Å². The first-order chi connectivity index (χ1) is 9.97. The van der Waals surface area contributed by atoms with Gasteiger partial charge in [0, 0.05) is 12.0 Å². The average Bonchev–Trinajstić information content (AvgIpc) is 2.43. The molecule has 0 amide bonds. The van der Waals surface area contributed by atoms with E-state index in [1.54, 1.807) is 4.90 Å². The van der Waals surface area contributed by atoms with Gasteiger partial charge in [0.15, 0.2) is 0 Å². The number of likely N-dealkylation sites (tertiary alicyclic amines) is 1. The van der Waals surface area contributed by atoms with Crippen molar-refractivity contribution in [2.75, 3.05) is 46.9 Å². The summed E-state index contributed by atoms with van der Waals surface area (Å²) in [6.07, 6.45) is 6.38. The SMILES string of the molecule is CC[C@@]1(C)C[C@]2(CCC[NH+](CC#CC[NH+](C)C)C2)CCO1. The Balaban J connectivity index is 1.91. The molecule has 120 valence electrons. The molecule has 0 aliphatic carbocycles. The number of nitrogens with one attached hydrogen (secondary N) is 2. The molecular formula is C18H34N2O+2. The molecule has 0 aromatic carbocycles. The fourth-order valence-corrected chi connectivity index (χ4v) is 4.04. The summed E-state index contributed by atoms with van der Waals surface area (Å²) in [5.74, 6) is 6.72. The van der Waals surface area contributed by atoms with Crippen molar-refractivity contribution in [3.63, 3.8) is 0 Å². The van der Waals surface area contributed by atoms with Crippen molar-refractivity contribution in [3.8, 4) is 11.8 Å². The fraction of sp³-hybridized carbons (Fsp3) is 0.889. The van der Waals surface area contributed by atoms with Gasteiger partial charge in [0.25, 0.3) is 0 Å². The highest BCUT2D eigenvalue weighted by molar-refractivity contribution is 4.99. The predicted molar refractivity (Wildman–Crippen MR) is 86.6 cm³/mol. The van der Waals surface area contributed by atoms with Crippen LogP contribution in [0.5, 0.6) is 0 Å². The minimum atomic E-state index is 0.112. The maximum atomic E-state index is 6.06. The fourth-order valence-electron chi connectivity index (χ4n) is 4.04. The van der Waals surface area contributed by atoms with Gasteiger partial charge in [-0.25, -0.2) is 0 Å². The van der Waals surface area contributed by atoms with Gasteiger partial charge in [-0.3, -0.25) is 0 Å². The Morgan fingerprint density at radius 2 is 2.05 bits per heavy atom. The van der Waals surface area contributed by atoms with Gasteiger partial charge < -0.3 is 14.5 Å². The van der Waals surface area contributed by atoms with E-state index >= 15 is 0 Å². The zero-order valence-electron chi connectivity index (χ0n) is 14.5. The molecule has 21 heavy (non-hydrogen) atoms. The summed E-state index contributed by atoms with van der Waals surface area (Å²) in [5, 5.41) is 0. The molecule has 2 aliphatic rings. The van der Waals surface area contributed by atoms with Crippen molar-refractivity contribution >= 4 is 0 Å². The van der Waals surface area contributed by atoms with Crippen LogP contribution in [0.3, 0.4) is 0 Å². The summed E-state index contributed by atoms with van der Waals surface area (Å²) in [5.41, 5.74) is 0.631. The van der Waals surface area contributed by atoms with Crippen LogP contribution < -0.4 is 9.80 Å². The molecule has 0 aromatic rings. The van der Waals surface area contributed by atoms with Crippen molar-refractivity contribution in [3.05, 3.63) is 0 Å². The van der Waals surface area contributed by atoms with Gasteiger partial charge in [0.05, 0.1) is 32.8 Å². The van der Waals surface area contributed by atoms with Gasteiger partial charge >= 0.3 is 0 Å². The Morgan fingerprint density at radius 3 is 2.76 bits per heavy atom. The first kappa shape index (κ1) is 16.8. The maximum absolute atomic E-state index is 6.06. The number of quaternary nitrogens is 2. The second kappa shape index (κ2) is 7.13. The highest BCUT2D eigenvalue weighted by atomic mass is 16.5. The van der Waals surface area contributed by atoms with E-state index < -0.39 is 0 Å². The third kappa shape index (κ3) is 4.71. The van der Waals surface area contributed by atoms with Gasteiger partial charge in [-0.2, -0.15) is 0 Å². The summed E-state index contributed by atoms with van der Waals surface area (Å²) in [7, 11) is 4.32. The monoisotopic (exact) mass is 294 g/mol. The van der Waals surface area contributed by atoms with Crippen molar-refractivity contribution in [1.82, 2.24) is 0 Å². The first-order valence-corrected chi connectivity index (χ1v) is 8.69. The van der Waals surface area contributed by atoms with Crippen LogP contribution in [0.4, 0.5) is 0 Å². The van der Waals surface area contributed by atoms with Gasteiger partial charge in [-0.1, -0.05) is 6.92 Å². The normalized spacial score (nSPS) is 36.5. The molecule has 0 bridgehead atoms. The summed E-state index contributed by atoms with van der Waals surface area (Å²) >= 11 is 0. The molecule has 2 rings (SSSR count). The summed E-state index contributed by atoms with van der Waals surface area (Å²) < 4.78 is 6.06. The van der Waals surface area contributed by atoms with E-state index in [1.165, 1.54) is 43.7 Å². The quantitative estimate of drug-likeness (QED) is 0.689. The Labute approximate surface area is 131 Å². The lowest BCUT2D eigenvalue weighted by Gasteiger charge is -2.48. The third-order valence-corrected chi connectivity index (χ3v) is 5.35. The molecule has 1 unspecified atom stereocenters. The van der Waals surface area contributed by atoms with E-state index in [1.807, 2.05) is 0 Å². The highest BCUT2D eigenvalue weighted by Crippen LogP contribution is 2.43. The number of piperidine rings is 1. The largest absolute Gasteiger partial charge is 0.375 e. The summed E-state index contributed by atoms with van der Waals surface area (Å²) in [6, 6.07) is 0. The molecule has 0 radical (unpaired) electrons. The zero-order valence-corrected chi connectivity index (χ0v) is 14.5. The average molecular weight is 294 g/mol. The number of rotatable bonds is 3. The van der Waals surface area contributed by atoms with E-state index in [0.29, 0.717) is 5.41 Å². The van der Waals surface area contributed by atoms with E-state index in [2.05, 4.69) is 39.8 Å². The standard InChI is InChI=1S/C18H32N2O/c1-5-17(2)15-18(10-14-21-17)9-8-13-20(16-18)12-7-6-11-19(3)4/h5,8-16H2,1-4H3/p+2/t17-,18-/m0/s1. The molecule has 1 spiro atoms. The topological polar surface area (TPSA) is 18.1 Å². The van der Waals surface area contributed by atoms with Crippen molar-refractivity contribution < 1.29 is 14.5 Å². The van der Waals surface area contributed by atoms with E-state index in [0.717, 1.165) is 26.1 Å². The summed E-state index contributed by atoms with van der Waals surface area (Å²) in [6.45, 7) is 10.1. The van der Waals surface area contributed by atoms with Crippen LogP contribution in [0, 0.1) is 17.3 Å². The highest BCUT2D eigenvalue weighted by Gasteiger charge is 2.46. The van der Waals surface area contributed by atoms with Gasteiger partial charge in [-0.05, 0) is 50.9 Å². The van der Waals surface area contributed by atoms with Crippen molar-refractivity contribution in [2.24, 2.45) is 5.41 Å². The minimum Gasteiger partial charge on any atom is -0.375 e. The maximum Gasteiger partial charge on any atom is 0.139 e. The lowest BCUT2D eigenvalue weighted by Crippen LogP contribution is -3.14. The zero-order chi connectivity index (χ0) is 15.3. The molecule has 2 fully saturated rings. The molecule has 2 heterocycles. The van der Waals surface area contributed by atoms with Crippen LogP contribution in [-0.4, -0.2) is 52.5 Å². The van der Waals surface area contributed by atoms with Gasteiger partial charge in [-0.15, -0.1) is 0 Å². The second-order valence-corrected chi connectivity index (χ2v) is 7.77. The number of hydrogen-bond acceptors (Lipinski definition) is 1. The van der Waals surface area contributed by atoms with Crippen LogP contribution in [-0.2, 0) is 4.74 Å². The predicted octanol–water partition coefficient (Wildman–Crippen LogP) is -0.221. The second-order valence-electron chi connectivity index (χ2n) is 7.77. The third-order valence-electron chi connectivity index (χ3n) is 5.35. The van der Waals surface area contributed by atoms with Crippen molar-refractivity contribution in [2.45, 2.75) is 51.6 Å². The van der Waals surface area contributed by atoms with E-state index in [9.17, 15) is 0 Å². The Bertz CT molecular complexity index is 394. The molecule has 3 heteroatoms. The lowest BCUT2D eigenvalue weighted by atomic mass is 9.68.